The summed E-state index contributed by atoms with van der Waals surface area (Å²) in [6, 6.07) is 7.86. The fraction of sp³-hybridized carbons (Fsp3) is 0.429. The van der Waals surface area contributed by atoms with E-state index in [2.05, 4.69) is 34.8 Å². The van der Waals surface area contributed by atoms with E-state index in [1.165, 1.54) is 0 Å². The standard InChI is InChI=1S/C14H16BrNO/c1-14(2)8-12(7-13(17)9-14)16-11-5-3-10(15)4-6-11/h3-6H,7-9H2,1-2H3. The molecule has 1 saturated carbocycles. The minimum Gasteiger partial charge on any atom is -0.299 e. The molecule has 0 N–H and O–H groups in total. The largest absolute Gasteiger partial charge is 0.299 e. The van der Waals surface area contributed by atoms with E-state index in [1.807, 2.05) is 24.3 Å². The lowest BCUT2D eigenvalue weighted by atomic mass is 9.76. The van der Waals surface area contributed by atoms with E-state index in [0.29, 0.717) is 18.6 Å². The van der Waals surface area contributed by atoms with Gasteiger partial charge in [-0.1, -0.05) is 29.8 Å². The van der Waals surface area contributed by atoms with Crippen LogP contribution in [0.25, 0.3) is 0 Å². The van der Waals surface area contributed by atoms with Crippen LogP contribution in [0.2, 0.25) is 0 Å². The van der Waals surface area contributed by atoms with Gasteiger partial charge in [0.1, 0.15) is 5.78 Å². The smallest absolute Gasteiger partial charge is 0.139 e. The van der Waals surface area contributed by atoms with Crippen molar-refractivity contribution in [2.45, 2.75) is 33.1 Å². The fourth-order valence-electron chi connectivity index (χ4n) is 2.28. The van der Waals surface area contributed by atoms with Crippen molar-refractivity contribution in [2.24, 2.45) is 10.4 Å². The third-order valence-corrected chi connectivity index (χ3v) is 3.40. The third kappa shape index (κ3) is 3.50. The zero-order chi connectivity index (χ0) is 12.5. The number of carbonyl (C=O) groups excluding carboxylic acids is 1. The molecular formula is C14H16BrNO. The van der Waals surface area contributed by atoms with Gasteiger partial charge in [0, 0.05) is 23.0 Å². The molecule has 1 aromatic carbocycles. The zero-order valence-electron chi connectivity index (χ0n) is 10.2. The van der Waals surface area contributed by atoms with E-state index >= 15 is 0 Å². The maximum atomic E-state index is 11.6. The Morgan fingerprint density at radius 3 is 2.41 bits per heavy atom. The normalized spacial score (nSPS) is 21.8. The van der Waals surface area contributed by atoms with E-state index in [4.69, 9.17) is 0 Å². The van der Waals surface area contributed by atoms with Crippen molar-refractivity contribution in [1.29, 1.82) is 0 Å². The number of halogens is 1. The summed E-state index contributed by atoms with van der Waals surface area (Å²) in [5.41, 5.74) is 1.99. The van der Waals surface area contributed by atoms with Crippen molar-refractivity contribution in [1.82, 2.24) is 0 Å². The number of benzene rings is 1. The Bertz CT molecular complexity index is 460. The SMILES string of the molecule is CC1(C)CC(=O)CC(=Nc2ccc(Br)cc2)C1. The molecule has 90 valence electrons. The molecular weight excluding hydrogens is 278 g/mol. The minimum absolute atomic E-state index is 0.0591. The monoisotopic (exact) mass is 293 g/mol. The van der Waals surface area contributed by atoms with Crippen LogP contribution in [0.1, 0.15) is 33.1 Å². The van der Waals surface area contributed by atoms with E-state index in [9.17, 15) is 4.79 Å². The maximum Gasteiger partial charge on any atom is 0.139 e. The second-order valence-electron chi connectivity index (χ2n) is 5.39. The van der Waals surface area contributed by atoms with Gasteiger partial charge >= 0.3 is 0 Å². The van der Waals surface area contributed by atoms with Gasteiger partial charge in [-0.05, 0) is 36.1 Å². The molecule has 3 heteroatoms. The van der Waals surface area contributed by atoms with Gasteiger partial charge in [-0.2, -0.15) is 0 Å². The Morgan fingerprint density at radius 1 is 1.18 bits per heavy atom. The lowest BCUT2D eigenvalue weighted by Gasteiger charge is -2.29. The molecule has 0 saturated heterocycles. The molecule has 1 aliphatic rings. The first kappa shape index (κ1) is 12.5. The van der Waals surface area contributed by atoms with Gasteiger partial charge in [0.15, 0.2) is 0 Å². The van der Waals surface area contributed by atoms with Crippen molar-refractivity contribution < 1.29 is 4.79 Å². The lowest BCUT2D eigenvalue weighted by Crippen LogP contribution is -2.28. The highest BCUT2D eigenvalue weighted by molar-refractivity contribution is 9.10. The van der Waals surface area contributed by atoms with Gasteiger partial charge < -0.3 is 0 Å². The van der Waals surface area contributed by atoms with E-state index in [-0.39, 0.29) is 5.41 Å². The highest BCUT2D eigenvalue weighted by atomic mass is 79.9. The van der Waals surface area contributed by atoms with Crippen LogP contribution >= 0.6 is 15.9 Å². The quantitative estimate of drug-likeness (QED) is 0.759. The Hall–Kier alpha value is -0.960. The molecule has 0 heterocycles. The first-order chi connectivity index (χ1) is 7.94. The number of aliphatic imine (C=N–C) groups is 1. The molecule has 2 nitrogen and oxygen atoms in total. The fourth-order valence-corrected chi connectivity index (χ4v) is 2.54. The molecule has 0 spiro atoms. The van der Waals surface area contributed by atoms with Crippen molar-refractivity contribution in [2.75, 3.05) is 0 Å². The number of nitrogens with zero attached hydrogens (tertiary/aromatic N) is 1. The molecule has 0 aromatic heterocycles. The van der Waals surface area contributed by atoms with Crippen molar-refractivity contribution >= 4 is 33.1 Å². The molecule has 0 bridgehead atoms. The van der Waals surface area contributed by atoms with Crippen molar-refractivity contribution in [3.63, 3.8) is 0 Å². The van der Waals surface area contributed by atoms with E-state index < -0.39 is 0 Å². The highest BCUT2D eigenvalue weighted by Gasteiger charge is 2.30. The average molecular weight is 294 g/mol. The van der Waals surface area contributed by atoms with Crippen molar-refractivity contribution in [3.8, 4) is 0 Å². The molecule has 17 heavy (non-hydrogen) atoms. The minimum atomic E-state index is 0.0591. The predicted molar refractivity (Wildman–Crippen MR) is 73.9 cm³/mol. The molecule has 0 atom stereocenters. The summed E-state index contributed by atoms with van der Waals surface area (Å²) in [5, 5.41) is 0. The zero-order valence-corrected chi connectivity index (χ0v) is 11.8. The van der Waals surface area contributed by atoms with Crippen LogP contribution in [0.3, 0.4) is 0 Å². The second-order valence-corrected chi connectivity index (χ2v) is 6.30. The molecule has 0 amide bonds. The molecule has 0 unspecified atom stereocenters. The molecule has 1 fully saturated rings. The Morgan fingerprint density at radius 2 is 1.82 bits per heavy atom. The summed E-state index contributed by atoms with van der Waals surface area (Å²) in [6.45, 7) is 4.25. The highest BCUT2D eigenvalue weighted by Crippen LogP contribution is 2.33. The van der Waals surface area contributed by atoms with Crippen LogP contribution in [-0.4, -0.2) is 11.5 Å². The van der Waals surface area contributed by atoms with Crippen LogP contribution in [0.15, 0.2) is 33.7 Å². The summed E-state index contributed by atoms with van der Waals surface area (Å²) in [7, 11) is 0. The molecule has 1 aromatic rings. The molecule has 0 radical (unpaired) electrons. The number of ketones is 1. The lowest BCUT2D eigenvalue weighted by molar-refractivity contribution is -0.120. The summed E-state index contributed by atoms with van der Waals surface area (Å²) in [5.74, 6) is 0.303. The van der Waals surface area contributed by atoms with Gasteiger partial charge in [-0.15, -0.1) is 0 Å². The number of hydrogen-bond acceptors (Lipinski definition) is 2. The van der Waals surface area contributed by atoms with E-state index in [1.54, 1.807) is 0 Å². The van der Waals surface area contributed by atoms with Gasteiger partial charge in [0.25, 0.3) is 0 Å². The third-order valence-electron chi connectivity index (χ3n) is 2.87. The summed E-state index contributed by atoms with van der Waals surface area (Å²) >= 11 is 3.40. The summed E-state index contributed by atoms with van der Waals surface area (Å²) in [6.07, 6.45) is 2.10. The van der Waals surface area contributed by atoms with E-state index in [0.717, 1.165) is 22.3 Å². The van der Waals surface area contributed by atoms with Crippen LogP contribution in [-0.2, 0) is 4.79 Å². The number of hydrogen-bond donors (Lipinski definition) is 0. The van der Waals surface area contributed by atoms with Crippen molar-refractivity contribution in [3.05, 3.63) is 28.7 Å². The second kappa shape index (κ2) is 4.73. The summed E-state index contributed by atoms with van der Waals surface area (Å²) < 4.78 is 1.04. The van der Waals surface area contributed by atoms with Gasteiger partial charge in [-0.25, -0.2) is 0 Å². The van der Waals surface area contributed by atoms with Gasteiger partial charge in [0.2, 0.25) is 0 Å². The van der Waals surface area contributed by atoms with Gasteiger partial charge in [0.05, 0.1) is 5.69 Å². The average Bonchev–Trinajstić information content (AvgIpc) is 2.18. The molecule has 2 rings (SSSR count). The Kier molecular flexibility index (Phi) is 3.48. The Labute approximate surface area is 110 Å². The Balaban J connectivity index is 2.21. The predicted octanol–water partition coefficient (Wildman–Crippen LogP) is 4.30. The van der Waals surface area contributed by atoms with Crippen LogP contribution in [0.5, 0.6) is 0 Å². The van der Waals surface area contributed by atoms with Gasteiger partial charge in [-0.3, -0.25) is 9.79 Å². The first-order valence-corrected chi connectivity index (χ1v) is 6.58. The van der Waals surface area contributed by atoms with Crippen LogP contribution < -0.4 is 0 Å². The van der Waals surface area contributed by atoms with Crippen LogP contribution in [0.4, 0.5) is 5.69 Å². The first-order valence-electron chi connectivity index (χ1n) is 5.78. The van der Waals surface area contributed by atoms with Crippen LogP contribution in [0, 0.1) is 5.41 Å². The number of carbonyl (C=O) groups is 1. The number of Topliss-reactive ketones (excluding diaryl/α,β-unsaturated/α-hetero) is 1. The number of rotatable bonds is 1. The molecule has 0 aliphatic heterocycles. The maximum absolute atomic E-state index is 11.6. The molecule has 1 aliphatic carbocycles. The summed E-state index contributed by atoms with van der Waals surface area (Å²) in [4.78, 5) is 16.2. The topological polar surface area (TPSA) is 29.4 Å².